The van der Waals surface area contributed by atoms with Gasteiger partial charge >= 0.3 is 0 Å². The average molecular weight is 331 g/mol. The maximum Gasteiger partial charge on any atom is 0.200 e. The van der Waals surface area contributed by atoms with Crippen LogP contribution in [0.15, 0.2) is 12.1 Å². The minimum atomic E-state index is -0.859. The molecular formula is C18H25ClF2O. The highest BCUT2D eigenvalue weighted by Gasteiger charge is 2.29. The van der Waals surface area contributed by atoms with E-state index >= 15 is 0 Å². The number of rotatable bonds is 6. The van der Waals surface area contributed by atoms with Gasteiger partial charge in [0.05, 0.1) is 6.61 Å². The zero-order valence-corrected chi connectivity index (χ0v) is 14.1. The van der Waals surface area contributed by atoms with E-state index in [9.17, 15) is 8.78 Å². The van der Waals surface area contributed by atoms with E-state index in [2.05, 4.69) is 6.92 Å². The van der Waals surface area contributed by atoms with Gasteiger partial charge in [0.25, 0.3) is 0 Å². The molecule has 0 radical (unpaired) electrons. The third-order valence-corrected chi connectivity index (χ3v) is 5.24. The smallest absolute Gasteiger partial charge is 0.200 e. The van der Waals surface area contributed by atoms with E-state index < -0.39 is 11.6 Å². The van der Waals surface area contributed by atoms with Crippen molar-refractivity contribution >= 4 is 11.6 Å². The van der Waals surface area contributed by atoms with E-state index in [4.69, 9.17) is 16.3 Å². The Morgan fingerprint density at radius 2 is 1.82 bits per heavy atom. The van der Waals surface area contributed by atoms with Gasteiger partial charge in [0.1, 0.15) is 0 Å². The molecule has 0 spiro atoms. The molecule has 0 saturated heterocycles. The third kappa shape index (κ3) is 3.92. The molecule has 0 amide bonds. The number of hydrogen-bond donors (Lipinski definition) is 0. The van der Waals surface area contributed by atoms with Gasteiger partial charge in [-0.25, -0.2) is 4.39 Å². The number of hydrogen-bond acceptors (Lipinski definition) is 1. The molecule has 1 aliphatic rings. The molecular weight excluding hydrogens is 306 g/mol. The van der Waals surface area contributed by atoms with E-state index in [0.717, 1.165) is 38.5 Å². The Bertz CT molecular complexity index is 484. The second-order valence-corrected chi connectivity index (χ2v) is 6.69. The van der Waals surface area contributed by atoms with Gasteiger partial charge in [0, 0.05) is 5.38 Å². The van der Waals surface area contributed by atoms with Crippen LogP contribution in [-0.2, 0) is 0 Å². The predicted octanol–water partition coefficient (Wildman–Crippen LogP) is 6.04. The third-order valence-electron chi connectivity index (χ3n) is 4.66. The first kappa shape index (κ1) is 17.5. The van der Waals surface area contributed by atoms with Crippen LogP contribution < -0.4 is 4.74 Å². The van der Waals surface area contributed by atoms with Crippen molar-refractivity contribution < 1.29 is 13.5 Å². The Balaban J connectivity index is 2.04. The molecule has 0 aromatic heterocycles. The molecule has 0 heterocycles. The topological polar surface area (TPSA) is 9.23 Å². The van der Waals surface area contributed by atoms with Crippen LogP contribution in [0.5, 0.6) is 5.75 Å². The highest BCUT2D eigenvalue weighted by atomic mass is 35.5. The minimum absolute atomic E-state index is 0.00111. The lowest BCUT2D eigenvalue weighted by Gasteiger charge is -2.31. The first-order valence-corrected chi connectivity index (χ1v) is 8.76. The van der Waals surface area contributed by atoms with Crippen LogP contribution in [-0.4, -0.2) is 12.0 Å². The van der Waals surface area contributed by atoms with Crippen molar-refractivity contribution in [3.8, 4) is 5.75 Å². The van der Waals surface area contributed by atoms with Crippen molar-refractivity contribution in [1.29, 1.82) is 0 Å². The van der Waals surface area contributed by atoms with Crippen molar-refractivity contribution in [2.45, 2.75) is 63.7 Å². The van der Waals surface area contributed by atoms with Gasteiger partial charge in [-0.3, -0.25) is 0 Å². The van der Waals surface area contributed by atoms with Crippen molar-refractivity contribution in [1.82, 2.24) is 0 Å². The second-order valence-electron chi connectivity index (χ2n) is 6.13. The summed E-state index contributed by atoms with van der Waals surface area (Å²) >= 11 is 6.41. The zero-order valence-electron chi connectivity index (χ0n) is 13.4. The van der Waals surface area contributed by atoms with Gasteiger partial charge < -0.3 is 4.74 Å². The normalized spacial score (nSPS) is 23.3. The molecule has 1 saturated carbocycles. The lowest BCUT2D eigenvalue weighted by Crippen LogP contribution is -2.22. The monoisotopic (exact) mass is 330 g/mol. The Morgan fingerprint density at radius 3 is 2.41 bits per heavy atom. The second kappa shape index (κ2) is 8.14. The van der Waals surface area contributed by atoms with Gasteiger partial charge in [-0.15, -0.1) is 11.6 Å². The lowest BCUT2D eigenvalue weighted by atomic mass is 9.76. The number of benzene rings is 1. The standard InChI is InChI=1S/C18H25ClF2O/c1-3-5-15(19)13-8-6-12(7-9-13)14-10-11-16(22-4-2)18(21)17(14)20/h10-13,15H,3-9H2,1-2H3. The summed E-state index contributed by atoms with van der Waals surface area (Å²) in [7, 11) is 0. The largest absolute Gasteiger partial charge is 0.491 e. The van der Waals surface area contributed by atoms with Gasteiger partial charge in [-0.2, -0.15) is 4.39 Å². The first-order valence-electron chi connectivity index (χ1n) is 8.33. The number of alkyl halides is 1. The van der Waals surface area contributed by atoms with Crippen LogP contribution in [0.3, 0.4) is 0 Å². The summed E-state index contributed by atoms with van der Waals surface area (Å²) in [6.45, 7) is 4.22. The molecule has 0 aliphatic heterocycles. The average Bonchev–Trinajstić information content (AvgIpc) is 2.53. The molecule has 124 valence electrons. The van der Waals surface area contributed by atoms with Crippen LogP contribution in [0.2, 0.25) is 0 Å². The van der Waals surface area contributed by atoms with Gasteiger partial charge in [0.2, 0.25) is 5.82 Å². The molecule has 1 atom stereocenters. The minimum Gasteiger partial charge on any atom is -0.491 e. The highest BCUT2D eigenvalue weighted by molar-refractivity contribution is 6.20. The van der Waals surface area contributed by atoms with Crippen LogP contribution in [0, 0.1) is 17.6 Å². The SMILES string of the molecule is CCCC(Cl)C1CCC(c2ccc(OCC)c(F)c2F)CC1. The molecule has 1 aromatic rings. The molecule has 1 aromatic carbocycles. The summed E-state index contributed by atoms with van der Waals surface area (Å²) in [4.78, 5) is 0. The van der Waals surface area contributed by atoms with E-state index in [1.165, 1.54) is 0 Å². The van der Waals surface area contributed by atoms with Crippen molar-refractivity contribution in [3.05, 3.63) is 29.3 Å². The quantitative estimate of drug-likeness (QED) is 0.577. The lowest BCUT2D eigenvalue weighted by molar-refractivity contribution is 0.296. The van der Waals surface area contributed by atoms with E-state index in [1.807, 2.05) is 0 Å². The number of halogens is 3. The maximum absolute atomic E-state index is 14.3. The molecule has 4 heteroatoms. The first-order chi connectivity index (χ1) is 10.6. The summed E-state index contributed by atoms with van der Waals surface area (Å²) in [6, 6.07) is 3.23. The summed E-state index contributed by atoms with van der Waals surface area (Å²) < 4.78 is 33.4. The zero-order chi connectivity index (χ0) is 16.1. The van der Waals surface area contributed by atoms with Crippen LogP contribution in [0.1, 0.15) is 63.9 Å². The van der Waals surface area contributed by atoms with E-state index in [0.29, 0.717) is 18.1 Å². The molecule has 2 rings (SSSR count). The van der Waals surface area contributed by atoms with Crippen molar-refractivity contribution in [2.24, 2.45) is 5.92 Å². The fourth-order valence-corrected chi connectivity index (χ4v) is 3.90. The summed E-state index contributed by atoms with van der Waals surface area (Å²) in [5.41, 5.74) is 0.487. The van der Waals surface area contributed by atoms with Crippen LogP contribution >= 0.6 is 11.6 Å². The Hall–Kier alpha value is -0.830. The maximum atomic E-state index is 14.3. The Kier molecular flexibility index (Phi) is 6.49. The molecule has 1 unspecified atom stereocenters. The van der Waals surface area contributed by atoms with Crippen molar-refractivity contribution in [2.75, 3.05) is 6.61 Å². The highest BCUT2D eigenvalue weighted by Crippen LogP contribution is 2.41. The Morgan fingerprint density at radius 1 is 1.14 bits per heavy atom. The molecule has 1 aliphatic carbocycles. The van der Waals surface area contributed by atoms with E-state index in [1.54, 1.807) is 19.1 Å². The summed E-state index contributed by atoms with van der Waals surface area (Å²) in [6.07, 6.45) is 5.86. The van der Waals surface area contributed by atoms with Crippen LogP contribution in [0.25, 0.3) is 0 Å². The van der Waals surface area contributed by atoms with Gasteiger partial charge in [-0.05, 0) is 62.5 Å². The molecule has 0 N–H and O–H groups in total. The predicted molar refractivity (Wildman–Crippen MR) is 86.8 cm³/mol. The molecule has 22 heavy (non-hydrogen) atoms. The van der Waals surface area contributed by atoms with Gasteiger partial charge in [0.15, 0.2) is 11.6 Å². The fraction of sp³-hybridized carbons (Fsp3) is 0.667. The summed E-state index contributed by atoms with van der Waals surface area (Å²) in [5.74, 6) is -1.00. The van der Waals surface area contributed by atoms with E-state index in [-0.39, 0.29) is 17.0 Å². The fourth-order valence-electron chi connectivity index (χ4n) is 3.43. The molecule has 1 fully saturated rings. The summed E-state index contributed by atoms with van der Waals surface area (Å²) in [5, 5.41) is 0.216. The van der Waals surface area contributed by atoms with Crippen LogP contribution in [0.4, 0.5) is 8.78 Å². The Labute approximate surface area is 137 Å². The molecule has 0 bridgehead atoms. The van der Waals surface area contributed by atoms with Gasteiger partial charge in [-0.1, -0.05) is 19.4 Å². The number of ether oxygens (including phenoxy) is 1. The molecule has 1 nitrogen and oxygen atoms in total. The van der Waals surface area contributed by atoms with Crippen molar-refractivity contribution in [3.63, 3.8) is 0 Å².